The summed E-state index contributed by atoms with van der Waals surface area (Å²) < 4.78 is 0. The quantitative estimate of drug-likeness (QED) is 0.487. The van der Waals surface area contributed by atoms with Crippen LogP contribution in [0.5, 0.6) is 0 Å². The van der Waals surface area contributed by atoms with Gasteiger partial charge in [0.1, 0.15) is 0 Å². The Bertz CT molecular complexity index is 476. The molecule has 0 aromatic heterocycles. The zero-order valence-corrected chi connectivity index (χ0v) is 13.5. The van der Waals surface area contributed by atoms with Crippen molar-refractivity contribution in [3.63, 3.8) is 0 Å². The van der Waals surface area contributed by atoms with Crippen molar-refractivity contribution in [3.8, 4) is 0 Å². The molecule has 21 heavy (non-hydrogen) atoms. The molecule has 116 valence electrons. The summed E-state index contributed by atoms with van der Waals surface area (Å²) in [6.07, 6.45) is 15.2. The Morgan fingerprint density at radius 2 is 1.38 bits per heavy atom. The lowest BCUT2D eigenvalue weighted by atomic mass is 9.64. The summed E-state index contributed by atoms with van der Waals surface area (Å²) in [5, 5.41) is 18.8. The Morgan fingerprint density at radius 3 is 1.86 bits per heavy atom. The number of aliphatic hydroxyl groups excluding tert-OH is 2. The van der Waals surface area contributed by atoms with E-state index in [1.165, 1.54) is 24.8 Å². The monoisotopic (exact) mass is 288 g/mol. The van der Waals surface area contributed by atoms with Crippen LogP contribution < -0.4 is 0 Å². The molecule has 0 aromatic rings. The van der Waals surface area contributed by atoms with Gasteiger partial charge in [-0.3, -0.25) is 0 Å². The number of hydrogen-bond donors (Lipinski definition) is 2. The van der Waals surface area contributed by atoms with Gasteiger partial charge in [0.25, 0.3) is 0 Å². The molecule has 0 bridgehead atoms. The van der Waals surface area contributed by atoms with Gasteiger partial charge in [-0.2, -0.15) is 0 Å². The molecule has 1 saturated carbocycles. The van der Waals surface area contributed by atoms with Gasteiger partial charge >= 0.3 is 0 Å². The fourth-order valence-corrected chi connectivity index (χ4v) is 3.10. The maximum absolute atomic E-state index is 9.42. The molecule has 0 heterocycles. The summed E-state index contributed by atoms with van der Waals surface area (Å²) in [6.45, 7) is 9.44. The van der Waals surface area contributed by atoms with Crippen LogP contribution in [0.3, 0.4) is 0 Å². The molecule has 1 fully saturated rings. The standard InChI is InChI=1S/C19H28O2/c1-5-18(12-11-17(4)21)19(13-7-6-8-14-19)15(2)9-10-16(3)20/h5,9-12,20-21H,1,6-8,13-14H2,2-4H3/b15-9+,16-10+,17-11+,18-12+. The molecule has 2 heteroatoms. The second-order valence-electron chi connectivity index (χ2n) is 5.93. The van der Waals surface area contributed by atoms with Crippen molar-refractivity contribution in [2.75, 3.05) is 0 Å². The van der Waals surface area contributed by atoms with Gasteiger partial charge < -0.3 is 10.2 Å². The van der Waals surface area contributed by atoms with E-state index < -0.39 is 0 Å². The van der Waals surface area contributed by atoms with E-state index in [0.29, 0.717) is 11.5 Å². The minimum absolute atomic E-state index is 0.0299. The summed E-state index contributed by atoms with van der Waals surface area (Å²) in [5.74, 6) is 0.614. The van der Waals surface area contributed by atoms with Crippen LogP contribution in [-0.2, 0) is 0 Å². The zero-order valence-electron chi connectivity index (χ0n) is 13.5. The van der Waals surface area contributed by atoms with E-state index in [0.717, 1.165) is 18.4 Å². The van der Waals surface area contributed by atoms with Gasteiger partial charge in [-0.1, -0.05) is 49.6 Å². The first-order valence-electron chi connectivity index (χ1n) is 7.67. The van der Waals surface area contributed by atoms with E-state index in [1.54, 1.807) is 26.0 Å². The average Bonchev–Trinajstić information content (AvgIpc) is 2.45. The maximum Gasteiger partial charge on any atom is 0.0891 e. The molecule has 0 radical (unpaired) electrons. The fraction of sp³-hybridized carbons (Fsp3) is 0.474. The molecule has 1 rings (SSSR count). The van der Waals surface area contributed by atoms with Crippen LogP contribution in [0, 0.1) is 5.41 Å². The van der Waals surface area contributed by atoms with E-state index in [9.17, 15) is 10.2 Å². The average molecular weight is 288 g/mol. The highest BCUT2D eigenvalue weighted by molar-refractivity contribution is 5.39. The second-order valence-corrected chi connectivity index (χ2v) is 5.93. The highest BCUT2D eigenvalue weighted by atomic mass is 16.3. The minimum Gasteiger partial charge on any atom is -0.513 e. The van der Waals surface area contributed by atoms with Crippen LogP contribution in [0.25, 0.3) is 0 Å². The van der Waals surface area contributed by atoms with Crippen LogP contribution >= 0.6 is 0 Å². The Hall–Kier alpha value is -1.70. The Balaban J connectivity index is 3.28. The number of aliphatic hydroxyl groups is 2. The van der Waals surface area contributed by atoms with Crippen molar-refractivity contribution >= 4 is 0 Å². The molecule has 0 saturated heterocycles. The van der Waals surface area contributed by atoms with Crippen LogP contribution in [0.15, 0.2) is 59.6 Å². The van der Waals surface area contributed by atoms with E-state index >= 15 is 0 Å². The van der Waals surface area contributed by atoms with Crippen molar-refractivity contribution in [1.29, 1.82) is 0 Å². The van der Waals surface area contributed by atoms with Gasteiger partial charge in [0.2, 0.25) is 0 Å². The molecule has 1 aliphatic rings. The number of allylic oxidation sites excluding steroid dienone is 9. The molecule has 0 aliphatic heterocycles. The van der Waals surface area contributed by atoms with E-state index in [-0.39, 0.29) is 5.41 Å². The summed E-state index contributed by atoms with van der Waals surface area (Å²) in [5.41, 5.74) is 2.36. The summed E-state index contributed by atoms with van der Waals surface area (Å²) in [6, 6.07) is 0. The van der Waals surface area contributed by atoms with Crippen molar-refractivity contribution < 1.29 is 10.2 Å². The SMILES string of the molecule is C=C/C(=C\C=C(/C)O)C1(/C(C)=C/C=C(\C)O)CCCCC1. The van der Waals surface area contributed by atoms with Crippen molar-refractivity contribution in [1.82, 2.24) is 0 Å². The van der Waals surface area contributed by atoms with E-state index in [2.05, 4.69) is 13.5 Å². The van der Waals surface area contributed by atoms with Crippen LogP contribution in [0.4, 0.5) is 0 Å². The fourth-order valence-electron chi connectivity index (χ4n) is 3.10. The van der Waals surface area contributed by atoms with E-state index in [4.69, 9.17) is 0 Å². The maximum atomic E-state index is 9.42. The predicted octanol–water partition coefficient (Wildman–Crippen LogP) is 5.92. The summed E-state index contributed by atoms with van der Waals surface area (Å²) in [4.78, 5) is 0. The van der Waals surface area contributed by atoms with Gasteiger partial charge in [0.15, 0.2) is 0 Å². The normalized spacial score (nSPS) is 21.3. The van der Waals surface area contributed by atoms with Crippen molar-refractivity contribution in [2.45, 2.75) is 52.9 Å². The third kappa shape index (κ3) is 4.66. The van der Waals surface area contributed by atoms with Crippen LogP contribution in [0.1, 0.15) is 52.9 Å². The molecular weight excluding hydrogens is 260 g/mol. The molecule has 0 aromatic carbocycles. The van der Waals surface area contributed by atoms with Gasteiger partial charge in [-0.05, 0) is 51.3 Å². The lowest BCUT2D eigenvalue weighted by Crippen LogP contribution is -2.27. The Morgan fingerprint density at radius 1 is 0.857 bits per heavy atom. The first-order chi connectivity index (χ1) is 9.92. The highest BCUT2D eigenvalue weighted by Gasteiger charge is 2.35. The number of hydrogen-bond acceptors (Lipinski definition) is 2. The topological polar surface area (TPSA) is 40.5 Å². The predicted molar refractivity (Wildman–Crippen MR) is 90.3 cm³/mol. The molecule has 0 atom stereocenters. The first-order valence-corrected chi connectivity index (χ1v) is 7.67. The Labute approximate surface area is 128 Å². The number of rotatable bonds is 5. The lowest BCUT2D eigenvalue weighted by Gasteiger charge is -2.40. The van der Waals surface area contributed by atoms with Gasteiger partial charge in [-0.15, -0.1) is 0 Å². The van der Waals surface area contributed by atoms with Gasteiger partial charge in [-0.25, -0.2) is 0 Å². The van der Waals surface area contributed by atoms with Gasteiger partial charge in [0, 0.05) is 5.41 Å². The van der Waals surface area contributed by atoms with E-state index in [1.807, 2.05) is 18.2 Å². The summed E-state index contributed by atoms with van der Waals surface area (Å²) in [7, 11) is 0. The molecule has 1 aliphatic carbocycles. The molecule has 2 nitrogen and oxygen atoms in total. The zero-order chi connectivity index (χ0) is 15.9. The Kier molecular flexibility index (Phi) is 6.54. The molecular formula is C19H28O2. The van der Waals surface area contributed by atoms with Crippen LogP contribution in [0.2, 0.25) is 0 Å². The third-order valence-electron chi connectivity index (χ3n) is 4.31. The summed E-state index contributed by atoms with van der Waals surface area (Å²) >= 11 is 0. The van der Waals surface area contributed by atoms with Crippen LogP contribution in [-0.4, -0.2) is 10.2 Å². The molecule has 2 N–H and O–H groups in total. The first kappa shape index (κ1) is 17.4. The van der Waals surface area contributed by atoms with Crippen molar-refractivity contribution in [2.24, 2.45) is 5.41 Å². The largest absolute Gasteiger partial charge is 0.513 e. The highest BCUT2D eigenvalue weighted by Crippen LogP contribution is 2.48. The smallest absolute Gasteiger partial charge is 0.0891 e. The molecule has 0 spiro atoms. The molecule has 0 unspecified atom stereocenters. The third-order valence-corrected chi connectivity index (χ3v) is 4.31. The van der Waals surface area contributed by atoms with Crippen molar-refractivity contribution in [3.05, 3.63) is 59.6 Å². The minimum atomic E-state index is -0.0299. The lowest BCUT2D eigenvalue weighted by molar-refractivity contribution is 0.295. The van der Waals surface area contributed by atoms with Gasteiger partial charge in [0.05, 0.1) is 11.5 Å². The molecule has 0 amide bonds. The second kappa shape index (κ2) is 7.92.